The van der Waals surface area contributed by atoms with Gasteiger partial charge < -0.3 is 23.8 Å². The van der Waals surface area contributed by atoms with Gasteiger partial charge in [0, 0.05) is 0 Å². The first-order valence-electron chi connectivity index (χ1n) is 3.48. The van der Waals surface area contributed by atoms with Crippen LogP contribution in [0.1, 0.15) is 6.92 Å². The molecular formula is C5H9O7P2-3. The molecule has 2 atom stereocenters. The van der Waals surface area contributed by atoms with E-state index in [4.69, 9.17) is 0 Å². The summed E-state index contributed by atoms with van der Waals surface area (Å²) >= 11 is 0. The first-order valence-corrected chi connectivity index (χ1v) is 6.40. The lowest BCUT2D eigenvalue weighted by Gasteiger charge is -2.35. The van der Waals surface area contributed by atoms with Gasteiger partial charge in [0.1, 0.15) is 0 Å². The summed E-state index contributed by atoms with van der Waals surface area (Å²) in [6.45, 7) is 4.60. The standard InChI is InChI=1S/C5H12O7P2/c1-3-5(2)4-11-14(9,10)12-13(6,7)8/h3,5H,1,4H2,2H3,(H,9,10)(H2,6,7,8)/p-3. The van der Waals surface area contributed by atoms with Crippen molar-refractivity contribution >= 4 is 15.6 Å². The lowest BCUT2D eigenvalue weighted by Crippen LogP contribution is -2.20. The smallest absolute Gasteiger partial charge is 0.271 e. The molecule has 7 nitrogen and oxygen atoms in total. The molecule has 0 aromatic rings. The maximum absolute atomic E-state index is 10.6. The van der Waals surface area contributed by atoms with Gasteiger partial charge in [-0.15, -0.1) is 6.58 Å². The molecule has 84 valence electrons. The van der Waals surface area contributed by atoms with Crippen molar-refractivity contribution in [3.63, 3.8) is 0 Å². The summed E-state index contributed by atoms with van der Waals surface area (Å²) in [5.74, 6) is -0.307. The van der Waals surface area contributed by atoms with Crippen LogP contribution >= 0.6 is 15.6 Å². The monoisotopic (exact) mass is 243 g/mol. The first kappa shape index (κ1) is 14.0. The first-order chi connectivity index (χ1) is 6.16. The topological polar surface area (TPSA) is 122 Å². The van der Waals surface area contributed by atoms with Gasteiger partial charge in [-0.3, -0.25) is 8.88 Å². The average Bonchev–Trinajstić information content (AvgIpc) is 1.96. The second kappa shape index (κ2) is 5.19. The molecule has 0 N–H and O–H groups in total. The highest BCUT2D eigenvalue weighted by Gasteiger charge is 2.12. The summed E-state index contributed by atoms with van der Waals surface area (Å²) < 4.78 is 27.9. The van der Waals surface area contributed by atoms with Crippen LogP contribution in [-0.2, 0) is 18.0 Å². The summed E-state index contributed by atoms with van der Waals surface area (Å²) in [4.78, 5) is 30.5. The van der Waals surface area contributed by atoms with E-state index in [1.165, 1.54) is 6.08 Å². The van der Waals surface area contributed by atoms with E-state index in [1.54, 1.807) is 6.92 Å². The molecule has 0 saturated carbocycles. The number of phosphoric ester groups is 1. The minimum atomic E-state index is -5.58. The molecule has 2 unspecified atom stereocenters. The Morgan fingerprint density at radius 2 is 1.93 bits per heavy atom. The Hall–Kier alpha value is -0.0000000000000000416. The van der Waals surface area contributed by atoms with Crippen LogP contribution in [0.4, 0.5) is 0 Å². The second-order valence-corrected chi connectivity index (χ2v) is 5.19. The third-order valence-corrected chi connectivity index (χ3v) is 3.16. The fraction of sp³-hybridized carbons (Fsp3) is 0.600. The maximum atomic E-state index is 10.6. The van der Waals surface area contributed by atoms with Crippen LogP contribution in [0.5, 0.6) is 0 Å². The Morgan fingerprint density at radius 3 is 2.29 bits per heavy atom. The van der Waals surface area contributed by atoms with Gasteiger partial charge in [0.15, 0.2) is 0 Å². The number of phosphoric acid groups is 2. The molecule has 0 aliphatic carbocycles. The predicted molar refractivity (Wildman–Crippen MR) is 41.6 cm³/mol. The summed E-state index contributed by atoms with van der Waals surface area (Å²) in [6, 6.07) is 0. The van der Waals surface area contributed by atoms with Gasteiger partial charge in [-0.25, -0.2) is 0 Å². The average molecular weight is 243 g/mol. The molecule has 0 aliphatic heterocycles. The van der Waals surface area contributed by atoms with Gasteiger partial charge in [-0.2, -0.15) is 0 Å². The highest BCUT2D eigenvalue weighted by Crippen LogP contribution is 2.50. The molecule has 0 heterocycles. The maximum Gasteiger partial charge on any atom is 0.271 e. The molecule has 0 aromatic heterocycles. The number of hydrogen-bond acceptors (Lipinski definition) is 7. The largest absolute Gasteiger partial charge is 0.790 e. The van der Waals surface area contributed by atoms with Crippen LogP contribution < -0.4 is 14.7 Å². The fourth-order valence-electron chi connectivity index (χ4n) is 0.423. The Balaban J connectivity index is 4.15. The van der Waals surface area contributed by atoms with Gasteiger partial charge in [-0.1, -0.05) is 13.0 Å². The highest BCUT2D eigenvalue weighted by atomic mass is 31.3. The molecule has 0 radical (unpaired) electrons. The molecular weight excluding hydrogens is 234 g/mol. The number of hydrogen-bond donors (Lipinski definition) is 0. The van der Waals surface area contributed by atoms with Crippen molar-refractivity contribution in [1.29, 1.82) is 0 Å². The van der Waals surface area contributed by atoms with Crippen molar-refractivity contribution in [1.82, 2.24) is 0 Å². The molecule has 0 bridgehead atoms. The van der Waals surface area contributed by atoms with E-state index >= 15 is 0 Å². The van der Waals surface area contributed by atoms with E-state index in [2.05, 4.69) is 15.4 Å². The van der Waals surface area contributed by atoms with Crippen molar-refractivity contribution in [3.05, 3.63) is 12.7 Å². The van der Waals surface area contributed by atoms with Crippen molar-refractivity contribution in [2.45, 2.75) is 6.92 Å². The Labute approximate surface area is 81.2 Å². The molecule has 9 heteroatoms. The summed E-state index contributed by atoms with van der Waals surface area (Å²) in [5.41, 5.74) is 0. The molecule has 0 spiro atoms. The minimum absolute atomic E-state index is 0.307. The summed E-state index contributed by atoms with van der Waals surface area (Å²) in [5, 5.41) is 0. The van der Waals surface area contributed by atoms with E-state index in [0.29, 0.717) is 0 Å². The van der Waals surface area contributed by atoms with Gasteiger partial charge >= 0.3 is 0 Å². The van der Waals surface area contributed by atoms with Crippen LogP contribution in [0.15, 0.2) is 12.7 Å². The number of rotatable bonds is 6. The quantitative estimate of drug-likeness (QED) is 0.439. The van der Waals surface area contributed by atoms with Crippen LogP contribution in [0.25, 0.3) is 0 Å². The zero-order valence-corrected chi connectivity index (χ0v) is 9.11. The molecule has 0 saturated heterocycles. The summed E-state index contributed by atoms with van der Waals surface area (Å²) in [7, 11) is -10.6. The Kier molecular flexibility index (Phi) is 5.19. The van der Waals surface area contributed by atoms with E-state index in [-0.39, 0.29) is 12.5 Å². The van der Waals surface area contributed by atoms with E-state index < -0.39 is 15.6 Å². The van der Waals surface area contributed by atoms with Gasteiger partial charge in [0.25, 0.3) is 7.82 Å². The SMILES string of the molecule is C=CC(C)COP(=O)([O-])OP(=O)([O-])[O-]. The highest BCUT2D eigenvalue weighted by molar-refractivity contribution is 7.58. The Morgan fingerprint density at radius 1 is 1.43 bits per heavy atom. The lowest BCUT2D eigenvalue weighted by molar-refractivity contribution is -0.339. The van der Waals surface area contributed by atoms with Gasteiger partial charge in [0.05, 0.1) is 14.4 Å². The molecule has 0 rings (SSSR count). The van der Waals surface area contributed by atoms with Crippen LogP contribution in [0, 0.1) is 5.92 Å². The zero-order chi connectivity index (χ0) is 11.4. The third-order valence-electron chi connectivity index (χ3n) is 1.10. The van der Waals surface area contributed by atoms with E-state index in [9.17, 15) is 23.8 Å². The molecule has 0 amide bonds. The zero-order valence-electron chi connectivity index (χ0n) is 7.32. The van der Waals surface area contributed by atoms with Crippen LogP contribution in [0.3, 0.4) is 0 Å². The second-order valence-electron chi connectivity index (χ2n) is 2.48. The van der Waals surface area contributed by atoms with E-state index in [1.807, 2.05) is 0 Å². The summed E-state index contributed by atoms with van der Waals surface area (Å²) in [6.07, 6.45) is 1.40. The van der Waals surface area contributed by atoms with Crippen molar-refractivity contribution in [2.75, 3.05) is 6.61 Å². The molecule has 0 aliphatic rings. The van der Waals surface area contributed by atoms with Crippen molar-refractivity contribution in [3.8, 4) is 0 Å². The Bertz CT molecular complexity index is 282. The molecule has 14 heavy (non-hydrogen) atoms. The van der Waals surface area contributed by atoms with Gasteiger partial charge in [-0.05, 0) is 5.92 Å². The lowest BCUT2D eigenvalue weighted by atomic mass is 10.2. The van der Waals surface area contributed by atoms with Crippen molar-refractivity contribution in [2.24, 2.45) is 5.92 Å². The molecule has 0 fully saturated rings. The third kappa shape index (κ3) is 7.41. The van der Waals surface area contributed by atoms with E-state index in [0.717, 1.165) is 0 Å². The van der Waals surface area contributed by atoms with Crippen LogP contribution in [0.2, 0.25) is 0 Å². The van der Waals surface area contributed by atoms with Gasteiger partial charge in [0.2, 0.25) is 0 Å². The normalized spacial score (nSPS) is 18.6. The molecule has 0 aromatic carbocycles. The fourth-order valence-corrected chi connectivity index (χ4v) is 2.01. The predicted octanol–water partition coefficient (Wildman–Crippen LogP) is -0.861. The van der Waals surface area contributed by atoms with Crippen LogP contribution in [-0.4, -0.2) is 6.61 Å². The minimum Gasteiger partial charge on any atom is -0.790 e. The van der Waals surface area contributed by atoms with Crippen molar-refractivity contribution < 1.29 is 32.6 Å².